The Kier molecular flexibility index (Phi) is 8.57. The van der Waals surface area contributed by atoms with Crippen LogP contribution < -0.4 is 5.32 Å². The number of hydrogen-bond donors (Lipinski definition) is 1. The molecule has 0 saturated carbocycles. The molecule has 0 unspecified atom stereocenters. The molecule has 0 radical (unpaired) electrons. The van der Waals surface area contributed by atoms with Crippen LogP contribution in [0.25, 0.3) is 0 Å². The molecule has 14 heavy (non-hydrogen) atoms. The highest BCUT2D eigenvalue weighted by atomic mass is 16.5. The summed E-state index contributed by atoms with van der Waals surface area (Å²) in [5, 5.41) is 2.80. The normalized spacial score (nSPS) is 10.6. The second-order valence-electron chi connectivity index (χ2n) is 3.22. The smallest absolute Gasteiger partial charge is 0.246 e. The average Bonchev–Trinajstić information content (AvgIpc) is 2.17. The van der Waals surface area contributed by atoms with Gasteiger partial charge < -0.3 is 15.0 Å². The molecular weight excluding hydrogens is 180 g/mol. The van der Waals surface area contributed by atoms with Gasteiger partial charge in [-0.2, -0.15) is 0 Å². The summed E-state index contributed by atoms with van der Waals surface area (Å²) in [6.07, 6.45) is 1.15. The van der Waals surface area contributed by atoms with Crippen LogP contribution in [0.15, 0.2) is 0 Å². The number of nitrogens with one attached hydrogen (secondary N) is 1. The number of rotatable bonds is 8. The number of carbonyl (C=O) groups is 1. The van der Waals surface area contributed by atoms with E-state index in [9.17, 15) is 4.79 Å². The number of methoxy groups -OCH3 is 1. The number of ether oxygens (including phenoxy) is 1. The fourth-order valence-corrected chi connectivity index (χ4v) is 1.28. The molecule has 1 amide bonds. The second kappa shape index (κ2) is 8.97. The summed E-state index contributed by atoms with van der Waals surface area (Å²) in [5.41, 5.74) is 0. The van der Waals surface area contributed by atoms with E-state index in [2.05, 4.69) is 24.1 Å². The lowest BCUT2D eigenvalue weighted by atomic mass is 10.4. The van der Waals surface area contributed by atoms with Gasteiger partial charge in [0, 0.05) is 20.2 Å². The van der Waals surface area contributed by atoms with Crippen LogP contribution in [0, 0.1) is 0 Å². The van der Waals surface area contributed by atoms with Crippen LogP contribution in [0.4, 0.5) is 0 Å². The van der Waals surface area contributed by atoms with Crippen molar-refractivity contribution < 1.29 is 9.53 Å². The topological polar surface area (TPSA) is 41.6 Å². The van der Waals surface area contributed by atoms with Crippen molar-refractivity contribution >= 4 is 5.91 Å². The monoisotopic (exact) mass is 202 g/mol. The summed E-state index contributed by atoms with van der Waals surface area (Å²) in [4.78, 5) is 13.3. The molecular formula is C10H22N2O2. The van der Waals surface area contributed by atoms with Crippen LogP contribution in [0.3, 0.4) is 0 Å². The lowest BCUT2D eigenvalue weighted by molar-refractivity contribution is -0.124. The molecule has 0 aliphatic carbocycles. The van der Waals surface area contributed by atoms with E-state index in [4.69, 9.17) is 4.74 Å². The lowest BCUT2D eigenvalue weighted by Crippen LogP contribution is -2.36. The molecule has 0 aromatic heterocycles. The van der Waals surface area contributed by atoms with E-state index < -0.39 is 0 Å². The fraction of sp³-hybridized carbons (Fsp3) is 0.900. The molecule has 0 fully saturated rings. The maximum Gasteiger partial charge on any atom is 0.246 e. The van der Waals surface area contributed by atoms with Crippen LogP contribution in [0.2, 0.25) is 0 Å². The minimum atomic E-state index is -0.0416. The first-order chi connectivity index (χ1) is 6.74. The van der Waals surface area contributed by atoms with Crippen LogP contribution in [0.1, 0.15) is 20.3 Å². The van der Waals surface area contributed by atoms with Crippen molar-refractivity contribution in [3.05, 3.63) is 0 Å². The third kappa shape index (κ3) is 6.86. The molecule has 0 aliphatic rings. The Labute approximate surface area is 86.6 Å². The number of hydrogen-bond acceptors (Lipinski definition) is 3. The maximum absolute atomic E-state index is 11.0. The van der Waals surface area contributed by atoms with Gasteiger partial charge in [0.1, 0.15) is 6.61 Å². The molecule has 0 aliphatic heterocycles. The highest BCUT2D eigenvalue weighted by Gasteiger charge is 2.02. The maximum atomic E-state index is 11.0. The van der Waals surface area contributed by atoms with Crippen LogP contribution >= 0.6 is 0 Å². The quantitative estimate of drug-likeness (QED) is 0.622. The Morgan fingerprint density at radius 2 is 2.07 bits per heavy atom. The predicted octanol–water partition coefficient (Wildman–Crippen LogP) is 0.481. The number of likely N-dealkylation sites (N-methyl/N-ethyl adjacent to an activating group) is 1. The van der Waals surface area contributed by atoms with Gasteiger partial charge in [-0.3, -0.25) is 4.79 Å². The molecule has 0 rings (SSSR count). The molecule has 4 nitrogen and oxygen atoms in total. The Morgan fingerprint density at radius 3 is 2.57 bits per heavy atom. The Morgan fingerprint density at radius 1 is 1.36 bits per heavy atom. The molecule has 84 valence electrons. The largest absolute Gasteiger partial charge is 0.375 e. The third-order valence-corrected chi connectivity index (χ3v) is 2.01. The summed E-state index contributed by atoms with van der Waals surface area (Å²) in [5.74, 6) is -0.0416. The summed E-state index contributed by atoms with van der Waals surface area (Å²) in [6.45, 7) is 8.19. The standard InChI is InChI=1S/C10H22N2O2/c1-4-7-12(5-2)8-6-11-10(13)9-14-3/h4-9H2,1-3H3,(H,11,13). The molecule has 1 N–H and O–H groups in total. The van der Waals surface area contributed by atoms with Crippen molar-refractivity contribution in [2.24, 2.45) is 0 Å². The van der Waals surface area contributed by atoms with Crippen LogP contribution in [0.5, 0.6) is 0 Å². The molecule has 0 bridgehead atoms. The van der Waals surface area contributed by atoms with Gasteiger partial charge in [-0.05, 0) is 19.5 Å². The fourth-order valence-electron chi connectivity index (χ4n) is 1.28. The molecule has 0 atom stereocenters. The SMILES string of the molecule is CCCN(CC)CCNC(=O)COC. The van der Waals surface area contributed by atoms with Gasteiger partial charge in [0.05, 0.1) is 0 Å². The van der Waals surface area contributed by atoms with Gasteiger partial charge in [0.25, 0.3) is 0 Å². The Hall–Kier alpha value is -0.610. The van der Waals surface area contributed by atoms with Gasteiger partial charge >= 0.3 is 0 Å². The van der Waals surface area contributed by atoms with Crippen molar-refractivity contribution in [1.29, 1.82) is 0 Å². The molecule has 0 aromatic rings. The third-order valence-electron chi connectivity index (χ3n) is 2.01. The van der Waals surface area contributed by atoms with Crippen molar-refractivity contribution in [2.45, 2.75) is 20.3 Å². The van der Waals surface area contributed by atoms with Gasteiger partial charge in [0.2, 0.25) is 5.91 Å². The van der Waals surface area contributed by atoms with Crippen LogP contribution in [-0.4, -0.2) is 50.7 Å². The van der Waals surface area contributed by atoms with E-state index in [1.807, 2.05) is 0 Å². The van der Waals surface area contributed by atoms with Crippen LogP contribution in [-0.2, 0) is 9.53 Å². The highest BCUT2D eigenvalue weighted by Crippen LogP contribution is 1.88. The van der Waals surface area contributed by atoms with Crippen molar-refractivity contribution in [3.63, 3.8) is 0 Å². The van der Waals surface area contributed by atoms with E-state index in [0.29, 0.717) is 6.54 Å². The van der Waals surface area contributed by atoms with E-state index in [1.54, 1.807) is 0 Å². The van der Waals surface area contributed by atoms with E-state index in [1.165, 1.54) is 7.11 Å². The summed E-state index contributed by atoms with van der Waals surface area (Å²) < 4.78 is 4.71. The zero-order chi connectivity index (χ0) is 10.8. The first kappa shape index (κ1) is 13.4. The second-order valence-corrected chi connectivity index (χ2v) is 3.22. The minimum absolute atomic E-state index is 0.0416. The first-order valence-electron chi connectivity index (χ1n) is 5.22. The van der Waals surface area contributed by atoms with E-state index >= 15 is 0 Å². The molecule has 0 heterocycles. The highest BCUT2D eigenvalue weighted by molar-refractivity contribution is 5.77. The summed E-state index contributed by atoms with van der Waals surface area (Å²) in [6, 6.07) is 0. The molecule has 0 spiro atoms. The molecule has 0 saturated heterocycles. The summed E-state index contributed by atoms with van der Waals surface area (Å²) in [7, 11) is 1.52. The van der Waals surface area contributed by atoms with Gasteiger partial charge in [-0.15, -0.1) is 0 Å². The first-order valence-corrected chi connectivity index (χ1v) is 5.22. The number of carbonyl (C=O) groups excluding carboxylic acids is 1. The predicted molar refractivity (Wildman–Crippen MR) is 57.3 cm³/mol. The molecule has 4 heteroatoms. The zero-order valence-corrected chi connectivity index (χ0v) is 9.51. The lowest BCUT2D eigenvalue weighted by Gasteiger charge is -2.19. The van der Waals surface area contributed by atoms with E-state index in [0.717, 1.165) is 26.1 Å². The van der Waals surface area contributed by atoms with Crippen molar-refractivity contribution in [1.82, 2.24) is 10.2 Å². The molecule has 0 aromatic carbocycles. The van der Waals surface area contributed by atoms with E-state index in [-0.39, 0.29) is 12.5 Å². The van der Waals surface area contributed by atoms with Gasteiger partial charge in [-0.1, -0.05) is 13.8 Å². The van der Waals surface area contributed by atoms with Gasteiger partial charge in [-0.25, -0.2) is 0 Å². The van der Waals surface area contributed by atoms with Gasteiger partial charge in [0.15, 0.2) is 0 Å². The zero-order valence-electron chi connectivity index (χ0n) is 9.51. The Balaban J connectivity index is 3.45. The van der Waals surface area contributed by atoms with Crippen molar-refractivity contribution in [2.75, 3.05) is 39.9 Å². The number of nitrogens with zero attached hydrogens (tertiary/aromatic N) is 1. The Bertz CT molecular complexity index is 151. The van der Waals surface area contributed by atoms with Crippen molar-refractivity contribution in [3.8, 4) is 0 Å². The minimum Gasteiger partial charge on any atom is -0.375 e. The number of amides is 1. The average molecular weight is 202 g/mol. The summed E-state index contributed by atoms with van der Waals surface area (Å²) >= 11 is 0.